The number of aromatic nitrogens is 1. The Kier molecular flexibility index (Phi) is 5.15. The highest BCUT2D eigenvalue weighted by molar-refractivity contribution is 7.12. The Hall–Kier alpha value is -1.39. The van der Waals surface area contributed by atoms with Gasteiger partial charge in [-0.3, -0.25) is 0 Å². The van der Waals surface area contributed by atoms with E-state index >= 15 is 0 Å². The SMILES string of the molecule is CCOc1ccc(-c2nc(C(C)C)sc2CCN)cc1. The van der Waals surface area contributed by atoms with Gasteiger partial charge in [0.15, 0.2) is 0 Å². The van der Waals surface area contributed by atoms with Gasteiger partial charge in [-0.15, -0.1) is 11.3 Å². The maximum Gasteiger partial charge on any atom is 0.119 e. The highest BCUT2D eigenvalue weighted by Gasteiger charge is 2.14. The van der Waals surface area contributed by atoms with Crippen molar-refractivity contribution in [2.24, 2.45) is 5.73 Å². The average Bonchev–Trinajstić information content (AvgIpc) is 2.85. The molecular formula is C16H22N2OS. The molecule has 0 unspecified atom stereocenters. The van der Waals surface area contributed by atoms with Crippen LogP contribution in [0.3, 0.4) is 0 Å². The van der Waals surface area contributed by atoms with Crippen LogP contribution in [-0.4, -0.2) is 18.1 Å². The third-order valence-corrected chi connectivity index (χ3v) is 4.43. The fourth-order valence-electron chi connectivity index (χ4n) is 2.02. The van der Waals surface area contributed by atoms with Crippen LogP contribution in [0.25, 0.3) is 11.3 Å². The van der Waals surface area contributed by atoms with Crippen LogP contribution in [-0.2, 0) is 6.42 Å². The minimum absolute atomic E-state index is 0.452. The zero-order valence-corrected chi connectivity index (χ0v) is 13.2. The zero-order valence-electron chi connectivity index (χ0n) is 12.3. The summed E-state index contributed by atoms with van der Waals surface area (Å²) in [7, 11) is 0. The lowest BCUT2D eigenvalue weighted by atomic mass is 10.1. The Morgan fingerprint density at radius 1 is 1.25 bits per heavy atom. The Morgan fingerprint density at radius 3 is 2.50 bits per heavy atom. The number of hydrogen-bond donors (Lipinski definition) is 1. The van der Waals surface area contributed by atoms with Gasteiger partial charge in [0.05, 0.1) is 17.3 Å². The van der Waals surface area contributed by atoms with E-state index in [1.807, 2.05) is 19.1 Å². The molecule has 0 radical (unpaired) electrons. The first-order valence-corrected chi connectivity index (χ1v) is 7.90. The summed E-state index contributed by atoms with van der Waals surface area (Å²) in [6.45, 7) is 7.68. The quantitative estimate of drug-likeness (QED) is 0.879. The summed E-state index contributed by atoms with van der Waals surface area (Å²) in [5.41, 5.74) is 7.93. The van der Waals surface area contributed by atoms with Gasteiger partial charge in [-0.05, 0) is 44.2 Å². The smallest absolute Gasteiger partial charge is 0.119 e. The van der Waals surface area contributed by atoms with Crippen molar-refractivity contribution in [2.45, 2.75) is 33.1 Å². The summed E-state index contributed by atoms with van der Waals surface area (Å²) in [5.74, 6) is 1.35. The topological polar surface area (TPSA) is 48.1 Å². The van der Waals surface area contributed by atoms with Crippen LogP contribution < -0.4 is 10.5 Å². The lowest BCUT2D eigenvalue weighted by Crippen LogP contribution is -2.02. The van der Waals surface area contributed by atoms with Crippen LogP contribution in [0.2, 0.25) is 0 Å². The third kappa shape index (κ3) is 3.38. The number of nitrogens with zero attached hydrogens (tertiary/aromatic N) is 1. The maximum atomic E-state index is 5.72. The van der Waals surface area contributed by atoms with Crippen molar-refractivity contribution in [1.29, 1.82) is 0 Å². The van der Waals surface area contributed by atoms with E-state index in [0.29, 0.717) is 19.1 Å². The Labute approximate surface area is 124 Å². The van der Waals surface area contributed by atoms with Crippen LogP contribution in [0.15, 0.2) is 24.3 Å². The predicted octanol–water partition coefficient (Wildman–Crippen LogP) is 3.83. The molecule has 0 aliphatic carbocycles. The average molecular weight is 290 g/mol. The molecule has 0 bridgehead atoms. The highest BCUT2D eigenvalue weighted by Crippen LogP contribution is 2.32. The monoisotopic (exact) mass is 290 g/mol. The molecule has 0 saturated carbocycles. The van der Waals surface area contributed by atoms with Crippen LogP contribution in [0, 0.1) is 0 Å². The molecule has 0 aliphatic rings. The van der Waals surface area contributed by atoms with Gasteiger partial charge >= 0.3 is 0 Å². The number of nitrogens with two attached hydrogens (primary N) is 1. The van der Waals surface area contributed by atoms with Gasteiger partial charge in [0.25, 0.3) is 0 Å². The Balaban J connectivity index is 2.34. The molecular weight excluding hydrogens is 268 g/mol. The number of ether oxygens (including phenoxy) is 1. The predicted molar refractivity (Wildman–Crippen MR) is 85.6 cm³/mol. The van der Waals surface area contributed by atoms with Gasteiger partial charge < -0.3 is 10.5 Å². The second-order valence-corrected chi connectivity index (χ2v) is 6.09. The molecule has 2 N–H and O–H groups in total. The second kappa shape index (κ2) is 6.86. The van der Waals surface area contributed by atoms with E-state index < -0.39 is 0 Å². The summed E-state index contributed by atoms with van der Waals surface area (Å²) >= 11 is 1.78. The fraction of sp³-hybridized carbons (Fsp3) is 0.438. The van der Waals surface area contributed by atoms with Gasteiger partial charge in [0.2, 0.25) is 0 Å². The third-order valence-electron chi connectivity index (χ3n) is 3.02. The minimum Gasteiger partial charge on any atom is -0.494 e. The first-order valence-electron chi connectivity index (χ1n) is 7.08. The largest absolute Gasteiger partial charge is 0.494 e. The van der Waals surface area contributed by atoms with Crippen molar-refractivity contribution < 1.29 is 4.74 Å². The lowest BCUT2D eigenvalue weighted by Gasteiger charge is -2.05. The fourth-order valence-corrected chi connectivity index (χ4v) is 3.12. The van der Waals surface area contributed by atoms with Crippen LogP contribution in [0.1, 0.15) is 36.6 Å². The van der Waals surface area contributed by atoms with Crippen molar-refractivity contribution in [1.82, 2.24) is 4.98 Å². The van der Waals surface area contributed by atoms with Gasteiger partial charge in [-0.2, -0.15) is 0 Å². The van der Waals surface area contributed by atoms with Gasteiger partial charge in [-0.1, -0.05) is 13.8 Å². The zero-order chi connectivity index (χ0) is 14.5. The van der Waals surface area contributed by atoms with E-state index in [-0.39, 0.29) is 0 Å². The maximum absolute atomic E-state index is 5.72. The first-order chi connectivity index (χ1) is 9.65. The Bertz CT molecular complexity index is 546. The highest BCUT2D eigenvalue weighted by atomic mass is 32.1. The molecule has 1 aromatic heterocycles. The molecule has 1 heterocycles. The standard InChI is InChI=1S/C16H22N2OS/c1-4-19-13-7-5-12(6-8-13)15-14(9-10-17)20-16(18-15)11(2)3/h5-8,11H,4,9-10,17H2,1-3H3. The van der Waals surface area contributed by atoms with Crippen molar-refractivity contribution in [2.75, 3.05) is 13.2 Å². The normalized spacial score (nSPS) is 11.1. The molecule has 108 valence electrons. The number of rotatable bonds is 6. The second-order valence-electron chi connectivity index (χ2n) is 4.97. The summed E-state index contributed by atoms with van der Waals surface area (Å²) < 4.78 is 5.48. The van der Waals surface area contributed by atoms with Crippen LogP contribution in [0.4, 0.5) is 0 Å². The van der Waals surface area contributed by atoms with Crippen LogP contribution in [0.5, 0.6) is 5.75 Å². The van der Waals surface area contributed by atoms with Crippen molar-refractivity contribution in [3.8, 4) is 17.0 Å². The molecule has 0 fully saturated rings. The Morgan fingerprint density at radius 2 is 1.95 bits per heavy atom. The molecule has 2 aromatic rings. The van der Waals surface area contributed by atoms with Gasteiger partial charge in [0, 0.05) is 16.4 Å². The lowest BCUT2D eigenvalue weighted by molar-refractivity contribution is 0.340. The minimum atomic E-state index is 0.452. The van der Waals surface area contributed by atoms with Crippen molar-refractivity contribution >= 4 is 11.3 Å². The molecule has 0 amide bonds. The summed E-state index contributed by atoms with van der Waals surface area (Å²) in [5, 5.41) is 1.18. The number of benzene rings is 1. The molecule has 0 atom stereocenters. The summed E-state index contributed by atoms with van der Waals surface area (Å²) in [6.07, 6.45) is 0.882. The number of thiazole rings is 1. The molecule has 20 heavy (non-hydrogen) atoms. The summed E-state index contributed by atoms with van der Waals surface area (Å²) in [6, 6.07) is 8.15. The molecule has 2 rings (SSSR count). The molecule has 0 aliphatic heterocycles. The van der Waals surface area contributed by atoms with E-state index in [4.69, 9.17) is 15.5 Å². The van der Waals surface area contributed by atoms with E-state index in [9.17, 15) is 0 Å². The van der Waals surface area contributed by atoms with E-state index in [1.54, 1.807) is 11.3 Å². The van der Waals surface area contributed by atoms with E-state index in [1.165, 1.54) is 9.88 Å². The van der Waals surface area contributed by atoms with Gasteiger partial charge in [0.1, 0.15) is 5.75 Å². The van der Waals surface area contributed by atoms with Crippen LogP contribution >= 0.6 is 11.3 Å². The molecule has 0 saturated heterocycles. The van der Waals surface area contributed by atoms with Crippen molar-refractivity contribution in [3.63, 3.8) is 0 Å². The van der Waals surface area contributed by atoms with Gasteiger partial charge in [-0.25, -0.2) is 4.98 Å². The van der Waals surface area contributed by atoms with E-state index in [2.05, 4.69) is 26.0 Å². The summed E-state index contributed by atoms with van der Waals surface area (Å²) in [4.78, 5) is 6.07. The molecule has 3 nitrogen and oxygen atoms in total. The van der Waals surface area contributed by atoms with Crippen molar-refractivity contribution in [3.05, 3.63) is 34.2 Å². The molecule has 1 aromatic carbocycles. The molecule has 4 heteroatoms. The first kappa shape index (κ1) is 15.0. The van der Waals surface area contributed by atoms with E-state index in [0.717, 1.165) is 23.4 Å². The number of hydrogen-bond acceptors (Lipinski definition) is 4. The molecule has 0 spiro atoms.